The van der Waals surface area contributed by atoms with E-state index >= 15 is 0 Å². The van der Waals surface area contributed by atoms with E-state index in [9.17, 15) is 4.79 Å². The van der Waals surface area contributed by atoms with Gasteiger partial charge in [-0.2, -0.15) is 5.10 Å². The summed E-state index contributed by atoms with van der Waals surface area (Å²) in [4.78, 5) is 16.6. The van der Waals surface area contributed by atoms with Crippen molar-refractivity contribution < 1.29 is 9.53 Å². The Bertz CT molecular complexity index is 845. The Kier molecular flexibility index (Phi) is 4.29. The number of carbonyl (C=O) groups is 1. The summed E-state index contributed by atoms with van der Waals surface area (Å²) in [5, 5.41) is 7.17. The van der Waals surface area contributed by atoms with Gasteiger partial charge in [-0.1, -0.05) is 12.1 Å². The molecule has 1 aromatic carbocycles. The maximum atomic E-state index is 12.4. The average Bonchev–Trinajstić information content (AvgIpc) is 2.98. The summed E-state index contributed by atoms with van der Waals surface area (Å²) in [6.45, 7) is 1.92. The molecule has 2 heterocycles. The third kappa shape index (κ3) is 3.34. The third-order valence-electron chi connectivity index (χ3n) is 3.48. The third-order valence-corrected chi connectivity index (χ3v) is 3.89. The molecule has 1 amide bonds. The van der Waals surface area contributed by atoms with Crippen LogP contribution in [0.3, 0.4) is 0 Å². The summed E-state index contributed by atoms with van der Waals surface area (Å²) in [6.07, 6.45) is 3.42. The highest BCUT2D eigenvalue weighted by molar-refractivity contribution is 9.10. The van der Waals surface area contributed by atoms with E-state index in [4.69, 9.17) is 4.74 Å². The number of benzene rings is 1. The first kappa shape index (κ1) is 15.5. The molecule has 3 aromatic rings. The second kappa shape index (κ2) is 6.37. The van der Waals surface area contributed by atoms with E-state index in [0.29, 0.717) is 11.3 Å². The number of ether oxygens (including phenoxy) is 1. The number of nitrogens with one attached hydrogen (secondary N) is 1. The van der Waals surface area contributed by atoms with E-state index in [2.05, 4.69) is 31.3 Å². The summed E-state index contributed by atoms with van der Waals surface area (Å²) in [5.74, 6) is 0.541. The Hall–Kier alpha value is -2.41. The van der Waals surface area contributed by atoms with E-state index in [0.717, 1.165) is 15.8 Å². The molecule has 1 atom stereocenters. The molecule has 0 bridgehead atoms. The lowest BCUT2D eigenvalue weighted by Gasteiger charge is -2.13. The van der Waals surface area contributed by atoms with Crippen LogP contribution in [-0.4, -0.2) is 27.6 Å². The number of aromatic nitrogens is 3. The van der Waals surface area contributed by atoms with Crippen LogP contribution in [0.5, 0.6) is 5.75 Å². The average molecular weight is 375 g/mol. The van der Waals surface area contributed by atoms with Gasteiger partial charge >= 0.3 is 0 Å². The zero-order valence-electron chi connectivity index (χ0n) is 12.7. The molecular weight excluding hydrogens is 360 g/mol. The standard InChI is InChI=1S/C16H15BrN4O2/c1-10(11-3-5-13(23-2)6-4-11)19-16(22)14-7-15-18-8-12(17)9-21(15)20-14/h3-10H,1-2H3,(H,19,22)/t10-/m0/s1. The maximum Gasteiger partial charge on any atom is 0.272 e. The van der Waals surface area contributed by atoms with Crippen LogP contribution in [0.15, 0.2) is 47.2 Å². The summed E-state index contributed by atoms with van der Waals surface area (Å²) in [7, 11) is 1.62. The lowest BCUT2D eigenvalue weighted by atomic mass is 10.1. The number of hydrogen-bond acceptors (Lipinski definition) is 4. The van der Waals surface area contributed by atoms with Gasteiger partial charge in [0.2, 0.25) is 0 Å². The van der Waals surface area contributed by atoms with E-state index in [1.54, 1.807) is 30.1 Å². The van der Waals surface area contributed by atoms with Crippen LogP contribution in [0, 0.1) is 0 Å². The monoisotopic (exact) mass is 374 g/mol. The summed E-state index contributed by atoms with van der Waals surface area (Å²) < 4.78 is 7.50. The molecule has 0 unspecified atom stereocenters. The molecule has 118 valence electrons. The number of fused-ring (bicyclic) bond motifs is 1. The van der Waals surface area contributed by atoms with Crippen molar-refractivity contribution in [2.24, 2.45) is 0 Å². The van der Waals surface area contributed by atoms with Crippen molar-refractivity contribution in [2.75, 3.05) is 7.11 Å². The van der Waals surface area contributed by atoms with Crippen molar-refractivity contribution in [1.82, 2.24) is 19.9 Å². The normalized spacial score (nSPS) is 12.1. The number of rotatable bonds is 4. The van der Waals surface area contributed by atoms with Gasteiger partial charge in [-0.15, -0.1) is 0 Å². The van der Waals surface area contributed by atoms with Crippen molar-refractivity contribution >= 4 is 27.5 Å². The van der Waals surface area contributed by atoms with E-state index in [1.807, 2.05) is 31.2 Å². The molecule has 0 spiro atoms. The largest absolute Gasteiger partial charge is 0.497 e. The van der Waals surface area contributed by atoms with Gasteiger partial charge in [0.25, 0.3) is 5.91 Å². The predicted molar refractivity (Wildman–Crippen MR) is 89.6 cm³/mol. The maximum absolute atomic E-state index is 12.4. The molecule has 23 heavy (non-hydrogen) atoms. The molecule has 7 heteroatoms. The molecule has 0 aliphatic carbocycles. The number of halogens is 1. The van der Waals surface area contributed by atoms with Crippen molar-refractivity contribution in [3.8, 4) is 5.75 Å². The van der Waals surface area contributed by atoms with Crippen LogP contribution < -0.4 is 10.1 Å². The van der Waals surface area contributed by atoms with Crippen molar-refractivity contribution in [3.63, 3.8) is 0 Å². The fraction of sp³-hybridized carbons (Fsp3) is 0.188. The molecule has 0 saturated carbocycles. The minimum atomic E-state index is -0.241. The van der Waals surface area contributed by atoms with Gasteiger partial charge in [-0.25, -0.2) is 9.50 Å². The smallest absolute Gasteiger partial charge is 0.272 e. The highest BCUT2D eigenvalue weighted by atomic mass is 79.9. The Morgan fingerprint density at radius 3 is 2.78 bits per heavy atom. The highest BCUT2D eigenvalue weighted by Gasteiger charge is 2.15. The molecule has 0 aliphatic rings. The van der Waals surface area contributed by atoms with Gasteiger partial charge in [-0.3, -0.25) is 4.79 Å². The van der Waals surface area contributed by atoms with Gasteiger partial charge in [0.05, 0.1) is 17.6 Å². The second-order valence-corrected chi connectivity index (χ2v) is 5.99. The Balaban J connectivity index is 1.76. The molecule has 3 rings (SSSR count). The quantitative estimate of drug-likeness (QED) is 0.761. The highest BCUT2D eigenvalue weighted by Crippen LogP contribution is 2.18. The van der Waals surface area contributed by atoms with Crippen LogP contribution in [0.25, 0.3) is 5.65 Å². The topological polar surface area (TPSA) is 68.5 Å². The van der Waals surface area contributed by atoms with Crippen molar-refractivity contribution in [3.05, 3.63) is 58.5 Å². The minimum absolute atomic E-state index is 0.141. The van der Waals surface area contributed by atoms with Crippen LogP contribution in [0.1, 0.15) is 29.0 Å². The molecule has 0 radical (unpaired) electrons. The van der Waals surface area contributed by atoms with Crippen LogP contribution in [0.2, 0.25) is 0 Å². The number of methoxy groups -OCH3 is 1. The first-order chi connectivity index (χ1) is 11.1. The summed E-state index contributed by atoms with van der Waals surface area (Å²) >= 11 is 3.33. The van der Waals surface area contributed by atoms with E-state index in [-0.39, 0.29) is 11.9 Å². The van der Waals surface area contributed by atoms with E-state index < -0.39 is 0 Å². The van der Waals surface area contributed by atoms with Crippen LogP contribution in [0.4, 0.5) is 0 Å². The van der Waals surface area contributed by atoms with Gasteiger partial charge in [-0.05, 0) is 40.5 Å². The number of nitrogens with zero attached hydrogens (tertiary/aromatic N) is 3. The van der Waals surface area contributed by atoms with Crippen LogP contribution in [-0.2, 0) is 0 Å². The van der Waals surface area contributed by atoms with Gasteiger partial charge in [0.1, 0.15) is 5.75 Å². The fourth-order valence-corrected chi connectivity index (χ4v) is 2.51. The number of amides is 1. The Morgan fingerprint density at radius 1 is 1.35 bits per heavy atom. The lowest BCUT2D eigenvalue weighted by Crippen LogP contribution is -2.27. The molecule has 6 nitrogen and oxygen atoms in total. The molecule has 0 fully saturated rings. The SMILES string of the molecule is COc1ccc([C@H](C)NC(=O)c2cc3ncc(Br)cn3n2)cc1. The molecule has 2 aromatic heterocycles. The van der Waals surface area contributed by atoms with E-state index in [1.165, 1.54) is 0 Å². The zero-order chi connectivity index (χ0) is 16.4. The van der Waals surface area contributed by atoms with Gasteiger partial charge in [0.15, 0.2) is 11.3 Å². The fourth-order valence-electron chi connectivity index (χ4n) is 2.21. The Labute approximate surface area is 141 Å². The number of carbonyl (C=O) groups excluding carboxylic acids is 1. The van der Waals surface area contributed by atoms with Crippen molar-refractivity contribution in [1.29, 1.82) is 0 Å². The van der Waals surface area contributed by atoms with Crippen LogP contribution >= 0.6 is 15.9 Å². The summed E-state index contributed by atoms with van der Waals surface area (Å²) in [5.41, 5.74) is 1.94. The number of hydrogen-bond donors (Lipinski definition) is 1. The first-order valence-electron chi connectivity index (χ1n) is 7.02. The first-order valence-corrected chi connectivity index (χ1v) is 7.82. The zero-order valence-corrected chi connectivity index (χ0v) is 14.2. The van der Waals surface area contributed by atoms with Gasteiger partial charge < -0.3 is 10.1 Å². The van der Waals surface area contributed by atoms with Crippen molar-refractivity contribution in [2.45, 2.75) is 13.0 Å². The molecule has 1 N–H and O–H groups in total. The predicted octanol–water partition coefficient (Wildman–Crippen LogP) is 2.99. The van der Waals surface area contributed by atoms with Gasteiger partial charge in [0, 0.05) is 18.5 Å². The molecule has 0 saturated heterocycles. The second-order valence-electron chi connectivity index (χ2n) is 5.07. The lowest BCUT2D eigenvalue weighted by molar-refractivity contribution is 0.0934. The minimum Gasteiger partial charge on any atom is -0.497 e. The summed E-state index contributed by atoms with van der Waals surface area (Å²) in [6, 6.07) is 9.09. The Morgan fingerprint density at radius 2 is 2.09 bits per heavy atom. The molecular formula is C16H15BrN4O2. The molecule has 0 aliphatic heterocycles.